The van der Waals surface area contributed by atoms with Crippen molar-refractivity contribution >= 4 is 6.08 Å². The third kappa shape index (κ3) is 4.03. The molecule has 0 nitrogen and oxygen atoms in total. The molecule has 0 heteroatoms. The maximum Gasteiger partial charge on any atom is -0.0230 e. The molecule has 0 radical (unpaired) electrons. The van der Waals surface area contributed by atoms with Gasteiger partial charge in [-0.05, 0) is 43.1 Å². The smallest absolute Gasteiger partial charge is 0.0230 e. The standard InChI is InChI=1S/C17H24/c1-2-6-15-9-12-17(13-10-15)14-11-16-7-4-3-5-8-16/h3-5,7-8,11,14-15,17H,2,6,9-10,12-13H2,1H3/b14-11+/t15-,17-. The highest BCUT2D eigenvalue weighted by atomic mass is 14.2. The van der Waals surface area contributed by atoms with Crippen LogP contribution in [0.25, 0.3) is 6.08 Å². The highest BCUT2D eigenvalue weighted by molar-refractivity contribution is 5.48. The van der Waals surface area contributed by atoms with Gasteiger partial charge in [-0.1, -0.05) is 62.2 Å². The van der Waals surface area contributed by atoms with E-state index in [4.69, 9.17) is 0 Å². The molecule has 0 heterocycles. The van der Waals surface area contributed by atoms with Gasteiger partial charge < -0.3 is 0 Å². The Kier molecular flexibility index (Phi) is 4.85. The van der Waals surface area contributed by atoms with Crippen LogP contribution < -0.4 is 0 Å². The lowest BCUT2D eigenvalue weighted by molar-refractivity contribution is 0.295. The van der Waals surface area contributed by atoms with E-state index in [1.807, 2.05) is 0 Å². The highest BCUT2D eigenvalue weighted by Gasteiger charge is 2.18. The summed E-state index contributed by atoms with van der Waals surface area (Å²) in [4.78, 5) is 0. The molecule has 1 aliphatic carbocycles. The molecule has 1 fully saturated rings. The predicted octanol–water partition coefficient (Wildman–Crippen LogP) is 5.31. The lowest BCUT2D eigenvalue weighted by Crippen LogP contribution is -2.12. The fraction of sp³-hybridized carbons (Fsp3) is 0.529. The Balaban J connectivity index is 1.80. The molecule has 0 unspecified atom stereocenters. The number of benzene rings is 1. The van der Waals surface area contributed by atoms with Gasteiger partial charge >= 0.3 is 0 Å². The van der Waals surface area contributed by atoms with Crippen molar-refractivity contribution in [3.63, 3.8) is 0 Å². The van der Waals surface area contributed by atoms with Gasteiger partial charge in [-0.25, -0.2) is 0 Å². The molecule has 0 atom stereocenters. The van der Waals surface area contributed by atoms with E-state index in [0.29, 0.717) is 0 Å². The van der Waals surface area contributed by atoms with Crippen molar-refractivity contribution in [1.29, 1.82) is 0 Å². The Morgan fingerprint density at radius 3 is 2.41 bits per heavy atom. The monoisotopic (exact) mass is 228 g/mol. The third-order valence-corrected chi connectivity index (χ3v) is 3.95. The molecule has 0 aliphatic heterocycles. The van der Waals surface area contributed by atoms with E-state index >= 15 is 0 Å². The molecule has 1 aromatic carbocycles. The van der Waals surface area contributed by atoms with E-state index < -0.39 is 0 Å². The van der Waals surface area contributed by atoms with Crippen LogP contribution in [0.5, 0.6) is 0 Å². The van der Waals surface area contributed by atoms with Crippen LogP contribution in [0.3, 0.4) is 0 Å². The lowest BCUT2D eigenvalue weighted by atomic mass is 9.80. The number of hydrogen-bond acceptors (Lipinski definition) is 0. The molecule has 0 saturated heterocycles. The van der Waals surface area contributed by atoms with Crippen LogP contribution in [0, 0.1) is 11.8 Å². The first kappa shape index (κ1) is 12.4. The topological polar surface area (TPSA) is 0 Å². The molecule has 0 amide bonds. The van der Waals surface area contributed by atoms with E-state index in [9.17, 15) is 0 Å². The molecule has 0 spiro atoms. The minimum Gasteiger partial charge on any atom is -0.0808 e. The fourth-order valence-electron chi connectivity index (χ4n) is 2.89. The van der Waals surface area contributed by atoms with Gasteiger partial charge in [0.25, 0.3) is 0 Å². The van der Waals surface area contributed by atoms with Gasteiger partial charge in [0.15, 0.2) is 0 Å². The molecule has 0 bridgehead atoms. The molecule has 1 aliphatic rings. The summed E-state index contributed by atoms with van der Waals surface area (Å²) < 4.78 is 0. The summed E-state index contributed by atoms with van der Waals surface area (Å²) in [7, 11) is 0. The zero-order valence-electron chi connectivity index (χ0n) is 10.9. The van der Waals surface area contributed by atoms with Crippen LogP contribution in [-0.4, -0.2) is 0 Å². The second-order valence-electron chi connectivity index (χ2n) is 5.34. The summed E-state index contributed by atoms with van der Waals surface area (Å²) >= 11 is 0. The number of rotatable bonds is 4. The Morgan fingerprint density at radius 2 is 1.76 bits per heavy atom. The van der Waals surface area contributed by atoms with Crippen LogP contribution in [0.2, 0.25) is 0 Å². The Labute approximate surface area is 106 Å². The quantitative estimate of drug-likeness (QED) is 0.655. The van der Waals surface area contributed by atoms with E-state index in [0.717, 1.165) is 11.8 Å². The maximum atomic E-state index is 2.43. The van der Waals surface area contributed by atoms with Gasteiger partial charge in [-0.2, -0.15) is 0 Å². The largest absolute Gasteiger partial charge is 0.0808 e. The molecular formula is C17H24. The van der Waals surface area contributed by atoms with E-state index in [1.54, 1.807) is 0 Å². The van der Waals surface area contributed by atoms with Crippen molar-refractivity contribution in [3.05, 3.63) is 42.0 Å². The van der Waals surface area contributed by atoms with Crippen molar-refractivity contribution in [1.82, 2.24) is 0 Å². The summed E-state index contributed by atoms with van der Waals surface area (Å²) in [5, 5.41) is 0. The Morgan fingerprint density at radius 1 is 1.06 bits per heavy atom. The Bertz CT molecular complexity index is 328. The summed E-state index contributed by atoms with van der Waals surface area (Å²) in [6, 6.07) is 10.7. The Hall–Kier alpha value is -1.04. The second-order valence-corrected chi connectivity index (χ2v) is 5.34. The van der Waals surface area contributed by atoms with Crippen LogP contribution in [0.4, 0.5) is 0 Å². The van der Waals surface area contributed by atoms with Crippen LogP contribution in [0.15, 0.2) is 36.4 Å². The predicted molar refractivity (Wildman–Crippen MR) is 75.8 cm³/mol. The summed E-state index contributed by atoms with van der Waals surface area (Å²) in [6.45, 7) is 2.31. The molecule has 0 aromatic heterocycles. The van der Waals surface area contributed by atoms with Crippen molar-refractivity contribution in [3.8, 4) is 0 Å². The first-order valence-electron chi connectivity index (χ1n) is 7.11. The maximum absolute atomic E-state index is 2.43. The van der Waals surface area contributed by atoms with Gasteiger partial charge in [0.1, 0.15) is 0 Å². The van der Waals surface area contributed by atoms with Gasteiger partial charge in [0.05, 0.1) is 0 Å². The van der Waals surface area contributed by atoms with Crippen molar-refractivity contribution in [2.75, 3.05) is 0 Å². The number of allylic oxidation sites excluding steroid dienone is 1. The minimum atomic E-state index is 0.823. The van der Waals surface area contributed by atoms with E-state index in [1.165, 1.54) is 44.1 Å². The van der Waals surface area contributed by atoms with Crippen LogP contribution in [-0.2, 0) is 0 Å². The molecule has 1 saturated carbocycles. The van der Waals surface area contributed by atoms with Gasteiger partial charge in [-0.15, -0.1) is 0 Å². The normalized spacial score (nSPS) is 25.2. The average Bonchev–Trinajstić information content (AvgIpc) is 2.40. The third-order valence-electron chi connectivity index (χ3n) is 3.95. The number of hydrogen-bond donors (Lipinski definition) is 0. The molecular weight excluding hydrogens is 204 g/mol. The molecule has 92 valence electrons. The first-order chi connectivity index (χ1) is 8.38. The fourth-order valence-corrected chi connectivity index (χ4v) is 2.89. The minimum absolute atomic E-state index is 0.823. The summed E-state index contributed by atoms with van der Waals surface area (Å²) in [5.41, 5.74) is 1.34. The first-order valence-corrected chi connectivity index (χ1v) is 7.11. The molecule has 17 heavy (non-hydrogen) atoms. The van der Waals surface area contributed by atoms with Crippen molar-refractivity contribution < 1.29 is 0 Å². The zero-order valence-corrected chi connectivity index (χ0v) is 10.9. The molecule has 0 N–H and O–H groups in total. The van der Waals surface area contributed by atoms with Crippen molar-refractivity contribution in [2.24, 2.45) is 11.8 Å². The SMILES string of the molecule is CCC[C@H]1CC[C@H](/C=C/c2ccccc2)CC1. The molecule has 1 aromatic rings. The van der Waals surface area contributed by atoms with Gasteiger partial charge in [0.2, 0.25) is 0 Å². The second kappa shape index (κ2) is 6.64. The average molecular weight is 228 g/mol. The van der Waals surface area contributed by atoms with Gasteiger partial charge in [-0.3, -0.25) is 0 Å². The molecule has 2 rings (SSSR count). The van der Waals surface area contributed by atoms with Gasteiger partial charge in [0, 0.05) is 0 Å². The highest BCUT2D eigenvalue weighted by Crippen LogP contribution is 2.32. The zero-order chi connectivity index (χ0) is 11.9. The summed E-state index contributed by atoms with van der Waals surface area (Å²) in [5.74, 6) is 1.84. The summed E-state index contributed by atoms with van der Waals surface area (Å²) in [6.07, 6.45) is 13.2. The van der Waals surface area contributed by atoms with Crippen molar-refractivity contribution in [2.45, 2.75) is 45.4 Å². The van der Waals surface area contributed by atoms with E-state index in [-0.39, 0.29) is 0 Å². The van der Waals surface area contributed by atoms with E-state index in [2.05, 4.69) is 49.4 Å². The van der Waals surface area contributed by atoms with Crippen LogP contribution in [0.1, 0.15) is 51.0 Å². The van der Waals surface area contributed by atoms with Crippen LogP contribution >= 0.6 is 0 Å². The lowest BCUT2D eigenvalue weighted by Gasteiger charge is -2.26.